The first-order valence-corrected chi connectivity index (χ1v) is 6.40. The molecule has 20 heavy (non-hydrogen) atoms. The number of nitrogens with zero attached hydrogens (tertiary/aromatic N) is 1. The number of aliphatic hydroxyl groups is 1. The van der Waals surface area contributed by atoms with E-state index in [2.05, 4.69) is 5.32 Å². The summed E-state index contributed by atoms with van der Waals surface area (Å²) in [5, 5.41) is 12.6. The third-order valence-corrected chi connectivity index (χ3v) is 2.67. The molecule has 4 nitrogen and oxygen atoms in total. The lowest BCUT2D eigenvalue weighted by Gasteiger charge is -2.21. The SMILES string of the molecule is CC(C)NC(=O)CN(C)CC(O)c1ccc(F)cc1F. The van der Waals surface area contributed by atoms with Gasteiger partial charge in [0.25, 0.3) is 0 Å². The number of benzene rings is 1. The smallest absolute Gasteiger partial charge is 0.234 e. The van der Waals surface area contributed by atoms with Crippen molar-refractivity contribution in [2.24, 2.45) is 0 Å². The Balaban J connectivity index is 2.57. The summed E-state index contributed by atoms with van der Waals surface area (Å²) in [5.74, 6) is -1.66. The van der Waals surface area contributed by atoms with E-state index in [1.807, 2.05) is 13.8 Å². The second-order valence-electron chi connectivity index (χ2n) is 5.10. The second-order valence-corrected chi connectivity index (χ2v) is 5.10. The average Bonchev–Trinajstić information content (AvgIpc) is 2.26. The molecule has 1 aromatic rings. The van der Waals surface area contributed by atoms with E-state index in [0.29, 0.717) is 0 Å². The molecule has 1 atom stereocenters. The summed E-state index contributed by atoms with van der Waals surface area (Å²) in [5.41, 5.74) is 0.0162. The maximum Gasteiger partial charge on any atom is 0.234 e. The highest BCUT2D eigenvalue weighted by Crippen LogP contribution is 2.18. The van der Waals surface area contributed by atoms with Gasteiger partial charge in [0.15, 0.2) is 0 Å². The predicted molar refractivity (Wildman–Crippen MR) is 72.1 cm³/mol. The Bertz CT molecular complexity index is 466. The summed E-state index contributed by atoms with van der Waals surface area (Å²) in [6.07, 6.45) is -1.12. The third kappa shape index (κ3) is 5.22. The minimum Gasteiger partial charge on any atom is -0.387 e. The van der Waals surface area contributed by atoms with Gasteiger partial charge >= 0.3 is 0 Å². The molecule has 0 bridgehead atoms. The second kappa shape index (κ2) is 7.31. The molecule has 0 aromatic heterocycles. The van der Waals surface area contributed by atoms with Crippen LogP contribution in [0.1, 0.15) is 25.5 Å². The molecule has 0 saturated carbocycles. The van der Waals surface area contributed by atoms with E-state index >= 15 is 0 Å². The van der Waals surface area contributed by atoms with Crippen molar-refractivity contribution in [2.45, 2.75) is 26.0 Å². The van der Waals surface area contributed by atoms with Gasteiger partial charge in [-0.3, -0.25) is 9.69 Å². The summed E-state index contributed by atoms with van der Waals surface area (Å²) in [4.78, 5) is 13.1. The van der Waals surface area contributed by atoms with Gasteiger partial charge in [-0.2, -0.15) is 0 Å². The molecule has 0 spiro atoms. The third-order valence-electron chi connectivity index (χ3n) is 2.67. The Morgan fingerprint density at radius 1 is 1.40 bits per heavy atom. The van der Waals surface area contributed by atoms with Gasteiger partial charge in [-0.1, -0.05) is 6.07 Å². The number of aliphatic hydroxyl groups excluding tert-OH is 1. The predicted octanol–water partition coefficient (Wildman–Crippen LogP) is 1.45. The van der Waals surface area contributed by atoms with Gasteiger partial charge in [0, 0.05) is 24.2 Å². The number of carbonyl (C=O) groups is 1. The molecular formula is C14H20F2N2O2. The number of halogens is 2. The van der Waals surface area contributed by atoms with Crippen LogP contribution >= 0.6 is 0 Å². The summed E-state index contributed by atoms with van der Waals surface area (Å²) in [6.45, 7) is 3.87. The van der Waals surface area contributed by atoms with Crippen LogP contribution in [0.15, 0.2) is 18.2 Å². The van der Waals surface area contributed by atoms with Crippen molar-refractivity contribution >= 4 is 5.91 Å². The zero-order valence-electron chi connectivity index (χ0n) is 11.9. The minimum absolute atomic E-state index is 0.0162. The molecule has 1 rings (SSSR count). The lowest BCUT2D eigenvalue weighted by molar-refractivity contribution is -0.122. The van der Waals surface area contributed by atoms with Crippen LogP contribution < -0.4 is 5.32 Å². The fraction of sp³-hybridized carbons (Fsp3) is 0.500. The van der Waals surface area contributed by atoms with Crippen LogP contribution in [0, 0.1) is 11.6 Å². The van der Waals surface area contributed by atoms with E-state index in [9.17, 15) is 18.7 Å². The van der Waals surface area contributed by atoms with Crippen molar-refractivity contribution in [2.75, 3.05) is 20.1 Å². The van der Waals surface area contributed by atoms with Crippen LogP contribution in [-0.4, -0.2) is 42.1 Å². The van der Waals surface area contributed by atoms with E-state index in [0.717, 1.165) is 12.1 Å². The van der Waals surface area contributed by atoms with Gasteiger partial charge in [-0.15, -0.1) is 0 Å². The first-order valence-electron chi connectivity index (χ1n) is 6.40. The number of hydrogen-bond acceptors (Lipinski definition) is 3. The van der Waals surface area contributed by atoms with Crippen molar-refractivity contribution in [3.63, 3.8) is 0 Å². The van der Waals surface area contributed by atoms with Crippen molar-refractivity contribution in [3.05, 3.63) is 35.4 Å². The lowest BCUT2D eigenvalue weighted by Crippen LogP contribution is -2.39. The van der Waals surface area contributed by atoms with Gasteiger partial charge in [0.1, 0.15) is 11.6 Å². The highest BCUT2D eigenvalue weighted by molar-refractivity contribution is 5.78. The fourth-order valence-electron chi connectivity index (χ4n) is 1.84. The zero-order valence-corrected chi connectivity index (χ0v) is 11.9. The summed E-state index contributed by atoms with van der Waals surface area (Å²) in [6, 6.07) is 3.06. The van der Waals surface area contributed by atoms with Crippen molar-refractivity contribution in [1.29, 1.82) is 0 Å². The van der Waals surface area contributed by atoms with Crippen molar-refractivity contribution in [3.8, 4) is 0 Å². The van der Waals surface area contributed by atoms with Crippen LogP contribution in [0.3, 0.4) is 0 Å². The monoisotopic (exact) mass is 286 g/mol. The summed E-state index contributed by atoms with van der Waals surface area (Å²) < 4.78 is 26.3. The number of carbonyl (C=O) groups excluding carboxylic acids is 1. The number of nitrogens with one attached hydrogen (secondary N) is 1. The molecule has 0 aliphatic heterocycles. The topological polar surface area (TPSA) is 52.6 Å². The molecular weight excluding hydrogens is 266 g/mol. The fourth-order valence-corrected chi connectivity index (χ4v) is 1.84. The Morgan fingerprint density at radius 2 is 2.05 bits per heavy atom. The largest absolute Gasteiger partial charge is 0.387 e. The van der Waals surface area contributed by atoms with E-state index in [4.69, 9.17) is 0 Å². The highest BCUT2D eigenvalue weighted by Gasteiger charge is 2.17. The summed E-state index contributed by atoms with van der Waals surface area (Å²) in [7, 11) is 1.64. The normalized spacial score (nSPS) is 12.8. The van der Waals surface area contributed by atoms with E-state index in [1.165, 1.54) is 6.07 Å². The van der Waals surface area contributed by atoms with Gasteiger partial charge < -0.3 is 10.4 Å². The maximum absolute atomic E-state index is 13.5. The molecule has 0 radical (unpaired) electrons. The molecule has 0 aliphatic rings. The molecule has 6 heteroatoms. The summed E-state index contributed by atoms with van der Waals surface area (Å²) >= 11 is 0. The lowest BCUT2D eigenvalue weighted by atomic mass is 10.1. The van der Waals surface area contributed by atoms with Gasteiger partial charge in [-0.25, -0.2) is 8.78 Å². The van der Waals surface area contributed by atoms with Crippen LogP contribution in [0.5, 0.6) is 0 Å². The molecule has 1 unspecified atom stereocenters. The van der Waals surface area contributed by atoms with E-state index in [1.54, 1.807) is 11.9 Å². The Hall–Kier alpha value is -1.53. The quantitative estimate of drug-likeness (QED) is 0.832. The molecule has 0 heterocycles. The molecule has 2 N–H and O–H groups in total. The molecule has 0 fully saturated rings. The van der Waals surface area contributed by atoms with Crippen LogP contribution in [0.4, 0.5) is 8.78 Å². The molecule has 1 amide bonds. The van der Waals surface area contributed by atoms with Crippen molar-refractivity contribution < 1.29 is 18.7 Å². The number of likely N-dealkylation sites (N-methyl/N-ethyl adjacent to an activating group) is 1. The van der Waals surface area contributed by atoms with Crippen LogP contribution in [0.2, 0.25) is 0 Å². The van der Waals surface area contributed by atoms with Crippen LogP contribution in [0.25, 0.3) is 0 Å². The zero-order chi connectivity index (χ0) is 15.3. The number of hydrogen-bond donors (Lipinski definition) is 2. The molecule has 1 aromatic carbocycles. The molecule has 0 saturated heterocycles. The van der Waals surface area contributed by atoms with E-state index < -0.39 is 17.7 Å². The minimum atomic E-state index is -1.12. The molecule has 0 aliphatic carbocycles. The Labute approximate surface area is 117 Å². The number of rotatable bonds is 6. The Kier molecular flexibility index (Phi) is 6.04. The van der Waals surface area contributed by atoms with Crippen LogP contribution in [-0.2, 0) is 4.79 Å². The Morgan fingerprint density at radius 3 is 2.60 bits per heavy atom. The first-order chi connectivity index (χ1) is 9.29. The van der Waals surface area contributed by atoms with Gasteiger partial charge in [0.2, 0.25) is 5.91 Å². The van der Waals surface area contributed by atoms with Gasteiger partial charge in [0.05, 0.1) is 12.6 Å². The maximum atomic E-state index is 13.5. The number of amides is 1. The van der Waals surface area contributed by atoms with E-state index in [-0.39, 0.29) is 30.6 Å². The van der Waals surface area contributed by atoms with Crippen molar-refractivity contribution in [1.82, 2.24) is 10.2 Å². The standard InChI is InChI=1S/C14H20F2N2O2/c1-9(2)17-14(20)8-18(3)7-13(19)11-5-4-10(15)6-12(11)16/h4-6,9,13,19H,7-8H2,1-3H3,(H,17,20). The van der Waals surface area contributed by atoms with Gasteiger partial charge in [-0.05, 0) is 27.0 Å². The first kappa shape index (κ1) is 16.5. The molecule has 112 valence electrons. The highest BCUT2D eigenvalue weighted by atomic mass is 19.1. The average molecular weight is 286 g/mol.